The van der Waals surface area contributed by atoms with E-state index in [-0.39, 0.29) is 5.56 Å². The third-order valence-electron chi connectivity index (χ3n) is 4.69. The van der Waals surface area contributed by atoms with E-state index in [1.165, 1.54) is 0 Å². The third kappa shape index (κ3) is 5.48. The van der Waals surface area contributed by atoms with Gasteiger partial charge in [0.25, 0.3) is 0 Å². The number of anilines is 1. The fourth-order valence-corrected chi connectivity index (χ4v) is 3.92. The van der Waals surface area contributed by atoms with Gasteiger partial charge in [-0.1, -0.05) is 56.7 Å². The van der Waals surface area contributed by atoms with Crippen LogP contribution in [0.4, 0.5) is 5.82 Å². The zero-order valence-electron chi connectivity index (χ0n) is 16.9. The molecule has 2 N–H and O–H groups in total. The largest absolute Gasteiger partial charge is 0.478 e. The number of aromatic carboxylic acids is 1. The Morgan fingerprint density at radius 2 is 1.72 bits per heavy atom. The van der Waals surface area contributed by atoms with Gasteiger partial charge in [0, 0.05) is 17.7 Å². The molecule has 0 saturated carbocycles. The Morgan fingerprint density at radius 3 is 2.41 bits per heavy atom. The van der Waals surface area contributed by atoms with Gasteiger partial charge >= 0.3 is 5.97 Å². The lowest BCUT2D eigenvalue weighted by molar-refractivity contribution is 0.0697. The molecule has 1 heterocycles. The first-order valence-electron chi connectivity index (χ1n) is 10.1. The van der Waals surface area contributed by atoms with Crippen molar-refractivity contribution in [2.75, 3.05) is 17.6 Å². The molecule has 3 aromatic rings. The standard InChI is InChI=1S/C23H27N3O2S/c1-3-5-13-24-21-19-15-18(16-7-9-17(10-8-16)22(27)28)11-12-20(19)25-23(26-21)29-14-6-4-2/h7-12,15H,3-6,13-14H2,1-2H3,(H,27,28)(H,24,25,26). The van der Waals surface area contributed by atoms with E-state index in [0.717, 1.165) is 71.0 Å². The Labute approximate surface area is 176 Å². The number of aromatic nitrogens is 2. The summed E-state index contributed by atoms with van der Waals surface area (Å²) >= 11 is 1.70. The molecular weight excluding hydrogens is 382 g/mol. The lowest BCUT2D eigenvalue weighted by Gasteiger charge is -2.12. The second-order valence-corrected chi connectivity index (χ2v) is 8.01. The summed E-state index contributed by atoms with van der Waals surface area (Å²) in [6.45, 7) is 5.23. The average Bonchev–Trinajstić information content (AvgIpc) is 2.74. The van der Waals surface area contributed by atoms with Crippen molar-refractivity contribution in [3.05, 3.63) is 48.0 Å². The van der Waals surface area contributed by atoms with Gasteiger partial charge < -0.3 is 10.4 Å². The molecule has 1 aromatic heterocycles. The fraction of sp³-hybridized carbons (Fsp3) is 0.348. The minimum absolute atomic E-state index is 0.286. The molecule has 0 spiro atoms. The summed E-state index contributed by atoms with van der Waals surface area (Å²) in [6, 6.07) is 13.1. The van der Waals surface area contributed by atoms with E-state index in [1.807, 2.05) is 24.3 Å². The molecule has 0 radical (unpaired) electrons. The molecule has 2 aromatic carbocycles. The van der Waals surface area contributed by atoms with Crippen molar-refractivity contribution in [1.29, 1.82) is 0 Å². The maximum atomic E-state index is 11.1. The smallest absolute Gasteiger partial charge is 0.335 e. The zero-order valence-corrected chi connectivity index (χ0v) is 17.8. The number of carboxylic acid groups (broad SMARTS) is 1. The highest BCUT2D eigenvalue weighted by molar-refractivity contribution is 7.99. The Balaban J connectivity index is 1.96. The summed E-state index contributed by atoms with van der Waals surface area (Å²) in [7, 11) is 0. The van der Waals surface area contributed by atoms with Crippen LogP contribution in [0.1, 0.15) is 49.9 Å². The van der Waals surface area contributed by atoms with Crippen molar-refractivity contribution in [1.82, 2.24) is 9.97 Å². The van der Waals surface area contributed by atoms with Gasteiger partial charge in [0.15, 0.2) is 5.16 Å². The zero-order chi connectivity index (χ0) is 20.6. The predicted molar refractivity (Wildman–Crippen MR) is 121 cm³/mol. The topological polar surface area (TPSA) is 75.1 Å². The number of hydrogen-bond acceptors (Lipinski definition) is 5. The van der Waals surface area contributed by atoms with Gasteiger partial charge in [0.05, 0.1) is 11.1 Å². The van der Waals surface area contributed by atoms with Crippen LogP contribution in [0.5, 0.6) is 0 Å². The van der Waals surface area contributed by atoms with Crippen molar-refractivity contribution >= 4 is 34.5 Å². The molecular formula is C23H27N3O2S. The van der Waals surface area contributed by atoms with Gasteiger partial charge in [0.2, 0.25) is 0 Å². The highest BCUT2D eigenvalue weighted by atomic mass is 32.2. The number of carbonyl (C=O) groups is 1. The van der Waals surface area contributed by atoms with E-state index in [9.17, 15) is 4.79 Å². The number of rotatable bonds is 10. The van der Waals surface area contributed by atoms with Crippen molar-refractivity contribution in [3.8, 4) is 11.1 Å². The number of fused-ring (bicyclic) bond motifs is 1. The van der Waals surface area contributed by atoms with Crippen molar-refractivity contribution < 1.29 is 9.90 Å². The Morgan fingerprint density at radius 1 is 1.00 bits per heavy atom. The van der Waals surface area contributed by atoms with Crippen molar-refractivity contribution in [2.45, 2.75) is 44.7 Å². The van der Waals surface area contributed by atoms with Crippen molar-refractivity contribution in [2.24, 2.45) is 0 Å². The fourth-order valence-electron chi connectivity index (χ4n) is 2.98. The summed E-state index contributed by atoms with van der Waals surface area (Å²) in [5.41, 5.74) is 3.19. The first-order chi connectivity index (χ1) is 14.1. The Hall–Kier alpha value is -2.60. The number of carboxylic acids is 1. The molecule has 29 heavy (non-hydrogen) atoms. The molecule has 0 amide bonds. The number of thioether (sulfide) groups is 1. The van der Waals surface area contributed by atoms with Crippen molar-refractivity contribution in [3.63, 3.8) is 0 Å². The molecule has 0 aliphatic carbocycles. The molecule has 3 rings (SSSR count). The van der Waals surface area contributed by atoms with Gasteiger partial charge in [-0.2, -0.15) is 0 Å². The second-order valence-electron chi connectivity index (χ2n) is 6.95. The minimum atomic E-state index is -0.918. The van der Waals surface area contributed by atoms with Gasteiger partial charge in [-0.15, -0.1) is 0 Å². The van der Waals surface area contributed by atoms with Crippen LogP contribution < -0.4 is 5.32 Å². The first-order valence-corrected chi connectivity index (χ1v) is 11.1. The van der Waals surface area contributed by atoms with Gasteiger partial charge in [-0.3, -0.25) is 0 Å². The molecule has 0 unspecified atom stereocenters. The quantitative estimate of drug-likeness (QED) is 0.239. The highest BCUT2D eigenvalue weighted by Crippen LogP contribution is 2.30. The van der Waals surface area contributed by atoms with Crippen LogP contribution in [-0.4, -0.2) is 33.3 Å². The SMILES string of the molecule is CCCCNc1nc(SCCCC)nc2ccc(-c3ccc(C(=O)O)cc3)cc12. The summed E-state index contributed by atoms with van der Waals surface area (Å²) in [4.78, 5) is 20.6. The van der Waals surface area contributed by atoms with Crippen LogP contribution in [0.15, 0.2) is 47.6 Å². The predicted octanol–water partition coefficient (Wildman–Crippen LogP) is 6.10. The molecule has 0 fully saturated rings. The molecule has 6 heteroatoms. The van der Waals surface area contributed by atoms with Crippen LogP contribution >= 0.6 is 11.8 Å². The normalized spacial score (nSPS) is 11.0. The van der Waals surface area contributed by atoms with Crippen LogP contribution in [0.25, 0.3) is 22.0 Å². The van der Waals surface area contributed by atoms with Crippen LogP contribution in [0.2, 0.25) is 0 Å². The van der Waals surface area contributed by atoms with Crippen LogP contribution in [0, 0.1) is 0 Å². The lowest BCUT2D eigenvalue weighted by atomic mass is 10.0. The Bertz CT molecular complexity index is 974. The second kappa shape index (κ2) is 10.3. The molecule has 5 nitrogen and oxygen atoms in total. The number of nitrogens with zero attached hydrogens (tertiary/aromatic N) is 2. The first kappa shape index (κ1) is 21.1. The lowest BCUT2D eigenvalue weighted by Crippen LogP contribution is -2.05. The number of benzene rings is 2. The van der Waals surface area contributed by atoms with E-state index in [4.69, 9.17) is 15.1 Å². The number of hydrogen-bond donors (Lipinski definition) is 2. The van der Waals surface area contributed by atoms with Gasteiger partial charge in [-0.05, 0) is 48.2 Å². The molecule has 0 aliphatic heterocycles. The number of nitrogens with one attached hydrogen (secondary N) is 1. The average molecular weight is 410 g/mol. The van der Waals surface area contributed by atoms with E-state index < -0.39 is 5.97 Å². The van der Waals surface area contributed by atoms with Gasteiger partial charge in [0.1, 0.15) is 5.82 Å². The summed E-state index contributed by atoms with van der Waals surface area (Å²) in [6.07, 6.45) is 4.51. The monoisotopic (exact) mass is 409 g/mol. The van der Waals surface area contributed by atoms with Gasteiger partial charge in [-0.25, -0.2) is 14.8 Å². The molecule has 0 bridgehead atoms. The Kier molecular flexibility index (Phi) is 7.47. The minimum Gasteiger partial charge on any atom is -0.478 e. The summed E-state index contributed by atoms with van der Waals surface area (Å²) in [5.74, 6) is 0.968. The molecule has 0 atom stereocenters. The third-order valence-corrected chi connectivity index (χ3v) is 5.63. The molecule has 152 valence electrons. The van der Waals surface area contributed by atoms with E-state index in [0.29, 0.717) is 0 Å². The van der Waals surface area contributed by atoms with Crippen LogP contribution in [0.3, 0.4) is 0 Å². The van der Waals surface area contributed by atoms with Crippen LogP contribution in [-0.2, 0) is 0 Å². The molecule has 0 aliphatic rings. The van der Waals surface area contributed by atoms with E-state index in [2.05, 4.69) is 25.2 Å². The number of unbranched alkanes of at least 4 members (excludes halogenated alkanes) is 2. The summed E-state index contributed by atoms with van der Waals surface area (Å²) in [5, 5.41) is 14.4. The maximum absolute atomic E-state index is 11.1. The molecule has 0 saturated heterocycles. The summed E-state index contributed by atoms with van der Waals surface area (Å²) < 4.78 is 0. The van der Waals surface area contributed by atoms with E-state index >= 15 is 0 Å². The maximum Gasteiger partial charge on any atom is 0.335 e. The highest BCUT2D eigenvalue weighted by Gasteiger charge is 2.11. The van der Waals surface area contributed by atoms with E-state index in [1.54, 1.807) is 23.9 Å².